The maximum atomic E-state index is 6.04. The number of ether oxygens (including phenoxy) is 1. The molecule has 5 nitrogen and oxygen atoms in total. The van der Waals surface area contributed by atoms with Crippen molar-refractivity contribution in [2.45, 2.75) is 6.92 Å². The van der Waals surface area contributed by atoms with Gasteiger partial charge >= 0.3 is 0 Å². The molecule has 3 heterocycles. The summed E-state index contributed by atoms with van der Waals surface area (Å²) in [7, 11) is 0. The van der Waals surface area contributed by atoms with E-state index >= 15 is 0 Å². The maximum absolute atomic E-state index is 6.04. The molecule has 1 saturated heterocycles. The summed E-state index contributed by atoms with van der Waals surface area (Å²) < 4.78 is 7.19. The van der Waals surface area contributed by atoms with E-state index in [0.717, 1.165) is 43.5 Å². The largest absolute Gasteiger partial charge is 0.378 e. The van der Waals surface area contributed by atoms with Gasteiger partial charge in [-0.25, -0.2) is 4.98 Å². The average Bonchev–Trinajstić information content (AvgIpc) is 2.69. The Bertz CT molecular complexity index is 548. The lowest BCUT2D eigenvalue weighted by Gasteiger charge is -2.28. The first-order valence-corrected chi connectivity index (χ1v) is 5.97. The van der Waals surface area contributed by atoms with Gasteiger partial charge in [0.2, 0.25) is 0 Å². The third-order valence-electron chi connectivity index (χ3n) is 2.83. The van der Waals surface area contributed by atoms with Crippen LogP contribution in [-0.2, 0) is 4.74 Å². The summed E-state index contributed by atoms with van der Waals surface area (Å²) in [5.41, 5.74) is 1.73. The monoisotopic (exact) mass is 252 g/mol. The molecular weight excluding hydrogens is 240 g/mol. The third kappa shape index (κ3) is 1.96. The molecule has 2 aromatic rings. The van der Waals surface area contributed by atoms with E-state index < -0.39 is 0 Å². The first-order chi connectivity index (χ1) is 8.24. The number of rotatable bonds is 1. The molecule has 0 unspecified atom stereocenters. The normalized spacial score (nSPS) is 16.7. The highest BCUT2D eigenvalue weighted by Crippen LogP contribution is 2.21. The van der Waals surface area contributed by atoms with Crippen LogP contribution in [0.5, 0.6) is 0 Å². The zero-order valence-corrected chi connectivity index (χ0v) is 10.3. The van der Waals surface area contributed by atoms with Gasteiger partial charge in [0.15, 0.2) is 5.65 Å². The molecular formula is C11H13ClN4O. The van der Waals surface area contributed by atoms with E-state index in [2.05, 4.69) is 15.0 Å². The van der Waals surface area contributed by atoms with E-state index in [-0.39, 0.29) is 0 Å². The van der Waals surface area contributed by atoms with Crippen molar-refractivity contribution in [3.63, 3.8) is 0 Å². The fourth-order valence-corrected chi connectivity index (χ4v) is 2.25. The molecule has 1 fully saturated rings. The van der Waals surface area contributed by atoms with Crippen LogP contribution in [0.4, 0.5) is 5.82 Å². The first-order valence-electron chi connectivity index (χ1n) is 5.60. The Balaban J connectivity index is 2.12. The number of halogens is 1. The van der Waals surface area contributed by atoms with Crippen molar-refractivity contribution < 1.29 is 4.74 Å². The maximum Gasteiger partial charge on any atom is 0.159 e. The predicted molar refractivity (Wildman–Crippen MR) is 65.8 cm³/mol. The second kappa shape index (κ2) is 4.16. The van der Waals surface area contributed by atoms with Crippen molar-refractivity contribution in [1.29, 1.82) is 0 Å². The second-order valence-corrected chi connectivity index (χ2v) is 4.48. The number of hydrogen-bond donors (Lipinski definition) is 0. The molecule has 0 aliphatic carbocycles. The minimum Gasteiger partial charge on any atom is -0.378 e. The van der Waals surface area contributed by atoms with E-state index in [1.165, 1.54) is 0 Å². The third-order valence-corrected chi connectivity index (χ3v) is 3.03. The molecule has 0 atom stereocenters. The number of aromatic nitrogens is 3. The van der Waals surface area contributed by atoms with Gasteiger partial charge < -0.3 is 9.64 Å². The molecule has 3 rings (SSSR count). The van der Waals surface area contributed by atoms with Crippen molar-refractivity contribution in [3.8, 4) is 0 Å². The average molecular weight is 253 g/mol. The molecule has 0 amide bonds. The molecule has 0 radical (unpaired) electrons. The molecule has 0 bridgehead atoms. The van der Waals surface area contributed by atoms with Crippen LogP contribution in [0.15, 0.2) is 12.1 Å². The molecule has 0 aromatic carbocycles. The van der Waals surface area contributed by atoms with Crippen LogP contribution in [-0.4, -0.2) is 40.9 Å². The van der Waals surface area contributed by atoms with Gasteiger partial charge in [0.25, 0.3) is 0 Å². The van der Waals surface area contributed by atoms with Crippen LogP contribution < -0.4 is 4.90 Å². The Morgan fingerprint density at radius 3 is 2.82 bits per heavy atom. The van der Waals surface area contributed by atoms with Crippen molar-refractivity contribution in [2.75, 3.05) is 31.2 Å². The highest BCUT2D eigenvalue weighted by molar-refractivity contribution is 6.29. The molecule has 1 aliphatic rings. The van der Waals surface area contributed by atoms with Gasteiger partial charge in [-0.05, 0) is 6.92 Å². The molecule has 6 heteroatoms. The number of morpholine rings is 1. The van der Waals surface area contributed by atoms with E-state index in [4.69, 9.17) is 16.3 Å². The van der Waals surface area contributed by atoms with Gasteiger partial charge in [-0.3, -0.25) is 0 Å². The zero-order valence-electron chi connectivity index (χ0n) is 9.56. The quantitative estimate of drug-likeness (QED) is 0.722. The molecule has 17 heavy (non-hydrogen) atoms. The predicted octanol–water partition coefficient (Wildman–Crippen LogP) is 1.53. The summed E-state index contributed by atoms with van der Waals surface area (Å²) >= 11 is 6.04. The minimum absolute atomic E-state index is 0.499. The molecule has 2 aromatic heterocycles. The Kier molecular flexibility index (Phi) is 2.64. The summed E-state index contributed by atoms with van der Waals surface area (Å²) in [6, 6.07) is 3.78. The highest BCUT2D eigenvalue weighted by atomic mass is 35.5. The number of aryl methyl sites for hydroxylation is 1. The summed E-state index contributed by atoms with van der Waals surface area (Å²) in [6.45, 7) is 5.14. The van der Waals surface area contributed by atoms with Gasteiger partial charge in [-0.1, -0.05) is 11.6 Å². The number of anilines is 1. The summed E-state index contributed by atoms with van der Waals surface area (Å²) in [5, 5.41) is 4.94. The zero-order chi connectivity index (χ0) is 11.8. The Morgan fingerprint density at radius 1 is 1.29 bits per heavy atom. The van der Waals surface area contributed by atoms with Crippen molar-refractivity contribution >= 4 is 23.1 Å². The SMILES string of the molecule is Cc1cc2nc(Cl)cc(N3CCOCC3)n2n1. The van der Waals surface area contributed by atoms with Gasteiger partial charge in [-0.15, -0.1) is 0 Å². The van der Waals surface area contributed by atoms with Crippen LogP contribution in [0.25, 0.3) is 5.65 Å². The van der Waals surface area contributed by atoms with Gasteiger partial charge in [0, 0.05) is 25.2 Å². The smallest absolute Gasteiger partial charge is 0.159 e. The molecule has 0 spiro atoms. The standard InChI is InChI=1S/C11H13ClN4O/c1-8-6-10-13-9(12)7-11(16(10)14-8)15-2-4-17-5-3-15/h6-7H,2-5H2,1H3. The second-order valence-electron chi connectivity index (χ2n) is 4.09. The number of fused-ring (bicyclic) bond motifs is 1. The number of hydrogen-bond acceptors (Lipinski definition) is 4. The van der Waals surface area contributed by atoms with E-state index in [9.17, 15) is 0 Å². The fraction of sp³-hybridized carbons (Fsp3) is 0.455. The van der Waals surface area contributed by atoms with Gasteiger partial charge in [0.05, 0.1) is 18.9 Å². The van der Waals surface area contributed by atoms with Crippen LogP contribution >= 0.6 is 11.6 Å². The highest BCUT2D eigenvalue weighted by Gasteiger charge is 2.16. The minimum atomic E-state index is 0.499. The molecule has 0 N–H and O–H groups in total. The van der Waals surface area contributed by atoms with Crippen LogP contribution in [0, 0.1) is 6.92 Å². The van der Waals surface area contributed by atoms with Crippen molar-refractivity contribution in [1.82, 2.24) is 14.6 Å². The lowest BCUT2D eigenvalue weighted by Crippen LogP contribution is -2.37. The van der Waals surface area contributed by atoms with Crippen molar-refractivity contribution in [3.05, 3.63) is 23.0 Å². The van der Waals surface area contributed by atoms with E-state index in [1.54, 1.807) is 0 Å². The van der Waals surface area contributed by atoms with Gasteiger partial charge in [0.1, 0.15) is 11.0 Å². The summed E-state index contributed by atoms with van der Waals surface area (Å²) in [4.78, 5) is 6.48. The lowest BCUT2D eigenvalue weighted by molar-refractivity contribution is 0.122. The van der Waals surface area contributed by atoms with Crippen molar-refractivity contribution in [2.24, 2.45) is 0 Å². The van der Waals surface area contributed by atoms with Gasteiger partial charge in [-0.2, -0.15) is 9.61 Å². The Labute approximate surface area is 104 Å². The van der Waals surface area contributed by atoms with Crippen LogP contribution in [0.2, 0.25) is 5.15 Å². The Hall–Kier alpha value is -1.33. The number of nitrogens with zero attached hydrogens (tertiary/aromatic N) is 4. The van der Waals surface area contributed by atoms with E-state index in [0.29, 0.717) is 5.15 Å². The molecule has 90 valence electrons. The lowest BCUT2D eigenvalue weighted by atomic mass is 10.4. The fourth-order valence-electron chi connectivity index (χ4n) is 2.06. The first kappa shape index (κ1) is 10.8. The topological polar surface area (TPSA) is 42.7 Å². The van der Waals surface area contributed by atoms with Crippen LogP contribution in [0.1, 0.15) is 5.69 Å². The Morgan fingerprint density at radius 2 is 2.06 bits per heavy atom. The summed E-state index contributed by atoms with van der Waals surface area (Å²) in [5.74, 6) is 0.983. The molecule has 0 saturated carbocycles. The molecule has 1 aliphatic heterocycles. The van der Waals surface area contributed by atoms with E-state index in [1.807, 2.05) is 23.6 Å². The summed E-state index contributed by atoms with van der Waals surface area (Å²) in [6.07, 6.45) is 0. The van der Waals surface area contributed by atoms with Crippen LogP contribution in [0.3, 0.4) is 0 Å².